The van der Waals surface area contributed by atoms with Gasteiger partial charge in [0.15, 0.2) is 0 Å². The van der Waals surface area contributed by atoms with Gasteiger partial charge >= 0.3 is 5.97 Å². The number of aryl methyl sites for hydroxylation is 1. The van der Waals surface area contributed by atoms with Crippen LogP contribution in [0.15, 0.2) is 54.7 Å². The summed E-state index contributed by atoms with van der Waals surface area (Å²) >= 11 is 0. The van der Waals surface area contributed by atoms with Crippen LogP contribution in [-0.2, 0) is 16.0 Å². The van der Waals surface area contributed by atoms with E-state index in [0.29, 0.717) is 12.2 Å². The number of unbranched alkanes of at least 4 members (excludes halogenated alkanes) is 4. The van der Waals surface area contributed by atoms with Gasteiger partial charge in [0, 0.05) is 25.2 Å². The molecule has 0 amide bonds. The fourth-order valence-corrected chi connectivity index (χ4v) is 3.36. The zero-order valence-corrected chi connectivity index (χ0v) is 19.9. The van der Waals surface area contributed by atoms with Crippen molar-refractivity contribution in [2.24, 2.45) is 0 Å². The van der Waals surface area contributed by atoms with Crippen LogP contribution in [0.25, 0.3) is 11.3 Å². The number of allylic oxidation sites excluding steroid dienone is 2. The fraction of sp³-hybridized carbons (Fsp3) is 0.500. The lowest BCUT2D eigenvalue weighted by Gasteiger charge is -2.07. The van der Waals surface area contributed by atoms with Crippen molar-refractivity contribution in [1.82, 2.24) is 4.98 Å². The van der Waals surface area contributed by atoms with Gasteiger partial charge in [-0.3, -0.25) is 9.78 Å². The molecule has 2 rings (SSSR count). The molecule has 1 heterocycles. The van der Waals surface area contributed by atoms with E-state index in [-0.39, 0.29) is 5.97 Å². The van der Waals surface area contributed by atoms with E-state index < -0.39 is 0 Å². The van der Waals surface area contributed by atoms with Gasteiger partial charge in [0.05, 0.1) is 11.9 Å². The largest absolute Gasteiger partial charge is 0.425 e. The zero-order valence-electron chi connectivity index (χ0n) is 19.9. The van der Waals surface area contributed by atoms with Crippen LogP contribution in [0, 0.1) is 0 Å². The van der Waals surface area contributed by atoms with E-state index in [1.165, 1.54) is 18.4 Å². The van der Waals surface area contributed by atoms with Crippen molar-refractivity contribution in [1.29, 1.82) is 0 Å². The molecule has 0 radical (unpaired) electrons. The fourth-order valence-electron chi connectivity index (χ4n) is 3.36. The number of hydrogen-bond donors (Lipinski definition) is 0. The molecule has 1 aromatic carbocycles. The quantitative estimate of drug-likeness (QED) is 0.157. The molecule has 0 N–H and O–H groups in total. The maximum absolute atomic E-state index is 12.0. The van der Waals surface area contributed by atoms with Gasteiger partial charge in [-0.25, -0.2) is 0 Å². The summed E-state index contributed by atoms with van der Waals surface area (Å²) in [5.41, 5.74) is 3.29. The molecule has 4 nitrogen and oxygen atoms in total. The van der Waals surface area contributed by atoms with Crippen molar-refractivity contribution in [2.45, 2.75) is 78.1 Å². The minimum Gasteiger partial charge on any atom is -0.425 e. The maximum atomic E-state index is 12.0. The van der Waals surface area contributed by atoms with Gasteiger partial charge in [-0.15, -0.1) is 0 Å². The van der Waals surface area contributed by atoms with Crippen LogP contribution < -0.4 is 4.74 Å². The zero-order chi connectivity index (χ0) is 22.9. The highest BCUT2D eigenvalue weighted by atomic mass is 16.5. The van der Waals surface area contributed by atoms with Crippen LogP contribution in [0.5, 0.6) is 5.75 Å². The van der Waals surface area contributed by atoms with E-state index >= 15 is 0 Å². The van der Waals surface area contributed by atoms with Crippen molar-refractivity contribution in [3.8, 4) is 17.0 Å². The summed E-state index contributed by atoms with van der Waals surface area (Å²) < 4.78 is 10.9. The first-order valence-corrected chi connectivity index (χ1v) is 12.2. The van der Waals surface area contributed by atoms with E-state index in [9.17, 15) is 4.79 Å². The highest BCUT2D eigenvalue weighted by Crippen LogP contribution is 2.21. The molecule has 2 aromatic rings. The average Bonchev–Trinajstić information content (AvgIpc) is 2.82. The Hall–Kier alpha value is -2.46. The van der Waals surface area contributed by atoms with Gasteiger partial charge in [0.1, 0.15) is 5.75 Å². The monoisotopic (exact) mass is 437 g/mol. The smallest absolute Gasteiger partial charge is 0.311 e. The molecule has 32 heavy (non-hydrogen) atoms. The minimum atomic E-state index is -0.204. The first-order chi connectivity index (χ1) is 15.7. The summed E-state index contributed by atoms with van der Waals surface area (Å²) in [5.74, 6) is 0.296. The number of aromatic nitrogens is 1. The van der Waals surface area contributed by atoms with Gasteiger partial charge in [-0.1, -0.05) is 63.1 Å². The number of carbonyl (C=O) groups is 1. The van der Waals surface area contributed by atoms with Gasteiger partial charge in [-0.05, 0) is 62.6 Å². The van der Waals surface area contributed by atoms with Gasteiger partial charge in [0.2, 0.25) is 0 Å². The minimum absolute atomic E-state index is 0.204. The Labute approximate surface area is 194 Å². The molecule has 0 aliphatic carbocycles. The molecular weight excluding hydrogens is 398 g/mol. The molecule has 0 unspecified atom stereocenters. The van der Waals surface area contributed by atoms with E-state index in [0.717, 1.165) is 69.4 Å². The predicted octanol–water partition coefficient (Wildman–Crippen LogP) is 7.32. The Morgan fingerprint density at radius 3 is 2.41 bits per heavy atom. The summed E-state index contributed by atoms with van der Waals surface area (Å²) in [4.78, 5) is 16.5. The highest BCUT2D eigenvalue weighted by Gasteiger charge is 2.06. The topological polar surface area (TPSA) is 48.4 Å². The Kier molecular flexibility index (Phi) is 13.1. The molecule has 0 aliphatic heterocycles. The Balaban J connectivity index is 1.71. The summed E-state index contributed by atoms with van der Waals surface area (Å²) in [6.45, 7) is 6.04. The van der Waals surface area contributed by atoms with E-state index in [1.54, 1.807) is 6.20 Å². The van der Waals surface area contributed by atoms with E-state index in [2.05, 4.69) is 55.2 Å². The maximum Gasteiger partial charge on any atom is 0.311 e. The number of rotatable bonds is 16. The second-order valence-electron chi connectivity index (χ2n) is 8.13. The van der Waals surface area contributed by atoms with Crippen molar-refractivity contribution >= 4 is 5.97 Å². The van der Waals surface area contributed by atoms with Crippen molar-refractivity contribution in [2.75, 3.05) is 13.2 Å². The summed E-state index contributed by atoms with van der Waals surface area (Å²) in [7, 11) is 0. The van der Waals surface area contributed by atoms with Crippen LogP contribution >= 0.6 is 0 Å². The number of ether oxygens (including phenoxy) is 2. The second-order valence-corrected chi connectivity index (χ2v) is 8.13. The number of benzene rings is 1. The van der Waals surface area contributed by atoms with E-state index in [1.807, 2.05) is 12.1 Å². The third kappa shape index (κ3) is 10.7. The molecular formula is C28H39NO3. The second kappa shape index (κ2) is 16.2. The number of hydrogen-bond acceptors (Lipinski definition) is 4. The molecule has 0 spiro atoms. The Morgan fingerprint density at radius 2 is 1.69 bits per heavy atom. The predicted molar refractivity (Wildman–Crippen MR) is 132 cm³/mol. The van der Waals surface area contributed by atoms with Crippen LogP contribution in [0.3, 0.4) is 0 Å². The molecule has 174 valence electrons. The highest BCUT2D eigenvalue weighted by molar-refractivity contribution is 5.72. The number of pyridine rings is 1. The molecule has 4 heteroatoms. The third-order valence-corrected chi connectivity index (χ3v) is 5.19. The van der Waals surface area contributed by atoms with Crippen LogP contribution in [0.4, 0.5) is 0 Å². The van der Waals surface area contributed by atoms with Crippen LogP contribution in [0.1, 0.15) is 77.2 Å². The number of carbonyl (C=O) groups excluding carboxylic acids is 1. The van der Waals surface area contributed by atoms with Gasteiger partial charge < -0.3 is 9.47 Å². The summed E-state index contributed by atoms with van der Waals surface area (Å²) in [6.07, 6.45) is 16.0. The number of nitrogens with zero attached hydrogens (tertiary/aromatic N) is 1. The standard InChI is InChI=1S/C28H39NO3/c1-3-5-6-7-8-11-14-28(30)32-26-19-20-27(29-23-26)25-17-15-24(16-18-25)13-10-9-12-22-31-21-4-2/h6-7,15-20,23H,3-5,8-14,21-22H2,1-2H3. The first-order valence-electron chi connectivity index (χ1n) is 12.2. The number of esters is 1. The van der Waals surface area contributed by atoms with Crippen LogP contribution in [0.2, 0.25) is 0 Å². The van der Waals surface area contributed by atoms with Gasteiger partial charge in [-0.2, -0.15) is 0 Å². The SMILES string of the molecule is CCCC=CCCCC(=O)Oc1ccc(-c2ccc(CCCCCOCCC)cc2)nc1. The van der Waals surface area contributed by atoms with Crippen molar-refractivity contribution < 1.29 is 14.3 Å². The molecule has 0 atom stereocenters. The molecule has 0 saturated heterocycles. The van der Waals surface area contributed by atoms with E-state index in [4.69, 9.17) is 9.47 Å². The molecule has 0 aliphatic rings. The summed E-state index contributed by atoms with van der Waals surface area (Å²) in [5, 5.41) is 0. The summed E-state index contributed by atoms with van der Waals surface area (Å²) in [6, 6.07) is 12.3. The lowest BCUT2D eigenvalue weighted by Crippen LogP contribution is -2.07. The van der Waals surface area contributed by atoms with Gasteiger partial charge in [0.25, 0.3) is 0 Å². The lowest BCUT2D eigenvalue weighted by atomic mass is 10.0. The third-order valence-electron chi connectivity index (χ3n) is 5.19. The Bertz CT molecular complexity index is 781. The normalized spacial score (nSPS) is 11.2. The molecule has 0 saturated carbocycles. The first kappa shape index (κ1) is 25.8. The molecule has 0 fully saturated rings. The average molecular weight is 438 g/mol. The Morgan fingerprint density at radius 1 is 0.875 bits per heavy atom. The lowest BCUT2D eigenvalue weighted by molar-refractivity contribution is -0.134. The van der Waals surface area contributed by atoms with Crippen LogP contribution in [-0.4, -0.2) is 24.2 Å². The van der Waals surface area contributed by atoms with Crippen molar-refractivity contribution in [3.05, 3.63) is 60.3 Å². The molecule has 0 bridgehead atoms. The van der Waals surface area contributed by atoms with Crippen molar-refractivity contribution in [3.63, 3.8) is 0 Å². The molecule has 1 aromatic heterocycles.